The van der Waals surface area contributed by atoms with Crippen LogP contribution in [0.3, 0.4) is 0 Å². The smallest absolute Gasteiger partial charge is 0.127 e. The van der Waals surface area contributed by atoms with Gasteiger partial charge in [-0.25, -0.2) is 4.98 Å². The van der Waals surface area contributed by atoms with Crippen molar-refractivity contribution < 1.29 is 4.79 Å². The molecular formula is C26H26N2OS. The molecule has 0 radical (unpaired) electrons. The van der Waals surface area contributed by atoms with Crippen molar-refractivity contribution in [2.45, 2.75) is 58.3 Å². The molecule has 1 aliphatic rings. The number of rotatable bonds is 5. The third kappa shape index (κ3) is 3.14. The molecule has 0 fully saturated rings. The summed E-state index contributed by atoms with van der Waals surface area (Å²) in [6.45, 7) is 4.21. The van der Waals surface area contributed by atoms with Crippen LogP contribution in [0.15, 0.2) is 35.8 Å². The summed E-state index contributed by atoms with van der Waals surface area (Å²) in [6.07, 6.45) is 7.64. The van der Waals surface area contributed by atoms with Gasteiger partial charge in [0.05, 0.1) is 21.2 Å². The number of carbonyl (C=O) groups is 1. The highest BCUT2D eigenvalue weighted by Crippen LogP contribution is 2.42. The van der Waals surface area contributed by atoms with Crippen LogP contribution in [0.25, 0.3) is 32.2 Å². The molecule has 1 aliphatic carbocycles. The molecule has 2 heterocycles. The molecule has 0 saturated heterocycles. The Labute approximate surface area is 181 Å². The average Bonchev–Trinajstić information content (AvgIpc) is 3.24. The molecule has 0 amide bonds. The molecule has 0 N–H and O–H groups in total. The van der Waals surface area contributed by atoms with Gasteiger partial charge >= 0.3 is 0 Å². The van der Waals surface area contributed by atoms with Crippen LogP contribution < -0.4 is 0 Å². The highest BCUT2D eigenvalue weighted by atomic mass is 32.1. The van der Waals surface area contributed by atoms with Gasteiger partial charge in [-0.3, -0.25) is 4.98 Å². The minimum Gasteiger partial charge on any atom is -0.303 e. The van der Waals surface area contributed by atoms with Gasteiger partial charge in [-0.05, 0) is 85.0 Å². The van der Waals surface area contributed by atoms with E-state index in [-0.39, 0.29) is 5.92 Å². The maximum atomic E-state index is 12.2. The predicted octanol–water partition coefficient (Wildman–Crippen LogP) is 6.78. The van der Waals surface area contributed by atoms with Crippen LogP contribution in [0.1, 0.15) is 60.9 Å². The summed E-state index contributed by atoms with van der Waals surface area (Å²) in [5, 5.41) is 1.26. The maximum absolute atomic E-state index is 12.2. The van der Waals surface area contributed by atoms with E-state index in [1.165, 1.54) is 45.2 Å². The first-order valence-electron chi connectivity index (χ1n) is 10.9. The van der Waals surface area contributed by atoms with E-state index in [4.69, 9.17) is 4.98 Å². The zero-order chi connectivity index (χ0) is 20.7. The topological polar surface area (TPSA) is 42.9 Å². The lowest BCUT2D eigenvalue weighted by atomic mass is 9.81. The Morgan fingerprint density at radius 2 is 1.97 bits per heavy atom. The second kappa shape index (κ2) is 7.92. The third-order valence-electron chi connectivity index (χ3n) is 6.46. The number of nitrogens with zero attached hydrogens (tertiary/aromatic N) is 2. The van der Waals surface area contributed by atoms with Crippen LogP contribution >= 0.6 is 11.3 Å². The largest absolute Gasteiger partial charge is 0.303 e. The Hall–Kier alpha value is -2.59. The molecule has 0 saturated carbocycles. The monoisotopic (exact) mass is 414 g/mol. The lowest BCUT2D eigenvalue weighted by molar-refractivity contribution is -0.109. The zero-order valence-corrected chi connectivity index (χ0v) is 18.4. The minimum atomic E-state index is -0.126. The molecule has 2 aromatic heterocycles. The number of aromatic nitrogens is 2. The van der Waals surface area contributed by atoms with E-state index in [2.05, 4.69) is 49.2 Å². The number of aldehydes is 1. The van der Waals surface area contributed by atoms with Crippen molar-refractivity contribution >= 4 is 38.7 Å². The van der Waals surface area contributed by atoms with Crippen LogP contribution in [0.5, 0.6) is 0 Å². The SMILES string of the molecule is CCCC(C=O)c1c(C)nc2ccc3c(c2c1-c1ccc2ncsc2c1)CCCC3. The van der Waals surface area contributed by atoms with Gasteiger partial charge in [-0.2, -0.15) is 0 Å². The summed E-state index contributed by atoms with van der Waals surface area (Å²) in [5.41, 5.74) is 11.4. The lowest BCUT2D eigenvalue weighted by Crippen LogP contribution is -2.10. The number of benzene rings is 2. The second-order valence-electron chi connectivity index (χ2n) is 8.36. The summed E-state index contributed by atoms with van der Waals surface area (Å²) in [5.74, 6) is -0.126. The van der Waals surface area contributed by atoms with E-state index in [0.717, 1.165) is 54.3 Å². The van der Waals surface area contributed by atoms with E-state index < -0.39 is 0 Å². The van der Waals surface area contributed by atoms with Gasteiger partial charge in [0.1, 0.15) is 6.29 Å². The first kappa shape index (κ1) is 19.4. The van der Waals surface area contributed by atoms with Crippen molar-refractivity contribution in [1.82, 2.24) is 9.97 Å². The van der Waals surface area contributed by atoms with Gasteiger partial charge in [0.2, 0.25) is 0 Å². The Morgan fingerprint density at radius 3 is 2.80 bits per heavy atom. The standard InChI is InChI=1S/C26H26N2OS/c1-3-6-19(14-29)24-16(2)28-22-12-9-17-7-4-5-8-20(17)26(22)25(24)18-10-11-21-23(13-18)30-15-27-21/h9-15,19H,3-8H2,1-2H3. The molecule has 4 heteroatoms. The summed E-state index contributed by atoms with van der Waals surface area (Å²) in [7, 11) is 0. The number of carbonyl (C=O) groups excluding carboxylic acids is 1. The molecule has 1 atom stereocenters. The van der Waals surface area contributed by atoms with Crippen LogP contribution in [-0.2, 0) is 17.6 Å². The van der Waals surface area contributed by atoms with Gasteiger partial charge in [0.15, 0.2) is 0 Å². The van der Waals surface area contributed by atoms with E-state index in [1.54, 1.807) is 11.3 Å². The van der Waals surface area contributed by atoms with Crippen molar-refractivity contribution in [3.63, 3.8) is 0 Å². The Morgan fingerprint density at radius 1 is 1.13 bits per heavy atom. The number of hydrogen-bond acceptors (Lipinski definition) is 4. The molecule has 0 spiro atoms. The number of hydrogen-bond donors (Lipinski definition) is 0. The van der Waals surface area contributed by atoms with Crippen LogP contribution in [-0.4, -0.2) is 16.3 Å². The number of pyridine rings is 1. The number of fused-ring (bicyclic) bond motifs is 4. The van der Waals surface area contributed by atoms with Crippen LogP contribution in [0.4, 0.5) is 0 Å². The average molecular weight is 415 g/mol. The molecule has 2 aromatic carbocycles. The minimum absolute atomic E-state index is 0.126. The van der Waals surface area contributed by atoms with E-state index >= 15 is 0 Å². The molecule has 4 aromatic rings. The van der Waals surface area contributed by atoms with E-state index in [9.17, 15) is 4.79 Å². The second-order valence-corrected chi connectivity index (χ2v) is 9.24. The molecule has 0 aliphatic heterocycles. The number of thiazole rings is 1. The highest BCUT2D eigenvalue weighted by Gasteiger charge is 2.25. The summed E-state index contributed by atoms with van der Waals surface area (Å²) in [4.78, 5) is 21.7. The molecule has 0 bridgehead atoms. The normalized spacial score (nSPS) is 14.7. The van der Waals surface area contributed by atoms with Crippen molar-refractivity contribution in [2.75, 3.05) is 0 Å². The van der Waals surface area contributed by atoms with Crippen molar-refractivity contribution in [3.05, 3.63) is 58.2 Å². The number of aryl methyl sites for hydroxylation is 3. The molecule has 1 unspecified atom stereocenters. The third-order valence-corrected chi connectivity index (χ3v) is 7.25. The van der Waals surface area contributed by atoms with Gasteiger partial charge < -0.3 is 4.79 Å². The molecule has 3 nitrogen and oxygen atoms in total. The van der Waals surface area contributed by atoms with Crippen molar-refractivity contribution in [3.8, 4) is 11.1 Å². The summed E-state index contributed by atoms with van der Waals surface area (Å²) < 4.78 is 1.18. The molecular weight excluding hydrogens is 388 g/mol. The maximum Gasteiger partial charge on any atom is 0.127 e. The van der Waals surface area contributed by atoms with Crippen molar-refractivity contribution in [2.24, 2.45) is 0 Å². The molecule has 30 heavy (non-hydrogen) atoms. The van der Waals surface area contributed by atoms with Crippen LogP contribution in [0.2, 0.25) is 0 Å². The quantitative estimate of drug-likeness (QED) is 0.338. The first-order chi connectivity index (χ1) is 14.7. The molecule has 5 rings (SSSR count). The van der Waals surface area contributed by atoms with Gasteiger partial charge in [-0.15, -0.1) is 11.3 Å². The van der Waals surface area contributed by atoms with Gasteiger partial charge in [-0.1, -0.05) is 25.5 Å². The first-order valence-corrected chi connectivity index (χ1v) is 11.8. The Balaban J connectivity index is 1.91. The van der Waals surface area contributed by atoms with E-state index in [1.807, 2.05) is 5.51 Å². The fourth-order valence-electron chi connectivity index (χ4n) is 5.10. The lowest BCUT2D eigenvalue weighted by Gasteiger charge is -2.24. The highest BCUT2D eigenvalue weighted by molar-refractivity contribution is 7.16. The molecule has 152 valence electrons. The fraction of sp³-hybridized carbons (Fsp3) is 0.346. The van der Waals surface area contributed by atoms with Crippen LogP contribution in [0, 0.1) is 6.92 Å². The van der Waals surface area contributed by atoms with Gasteiger partial charge in [0.25, 0.3) is 0 Å². The van der Waals surface area contributed by atoms with E-state index in [0.29, 0.717) is 0 Å². The van der Waals surface area contributed by atoms with Gasteiger partial charge in [0, 0.05) is 17.0 Å². The van der Waals surface area contributed by atoms with Crippen molar-refractivity contribution in [1.29, 1.82) is 0 Å². The summed E-state index contributed by atoms with van der Waals surface area (Å²) >= 11 is 1.67. The fourth-order valence-corrected chi connectivity index (χ4v) is 5.82. The zero-order valence-electron chi connectivity index (χ0n) is 17.6. The Bertz CT molecular complexity index is 1260. The Kier molecular flexibility index (Phi) is 5.11. The summed E-state index contributed by atoms with van der Waals surface area (Å²) in [6, 6.07) is 11.0. The predicted molar refractivity (Wildman–Crippen MR) is 125 cm³/mol.